The number of nitrogens with one attached hydrogen (secondary N) is 1. The molecule has 1 aromatic carbocycles. The van der Waals surface area contributed by atoms with Crippen LogP contribution in [-0.4, -0.2) is 25.0 Å². The van der Waals surface area contributed by atoms with Crippen molar-refractivity contribution >= 4 is 18.1 Å². The maximum atomic E-state index is 14.3. The predicted octanol–water partition coefficient (Wildman–Crippen LogP) is 5.15. The monoisotopic (exact) mass is 317 g/mol. The number of unbranched alkanes of at least 4 members (excludes halogenated alkanes) is 1. The predicted molar refractivity (Wildman–Crippen MR) is 99.5 cm³/mol. The fraction of sp³-hybridized carbons (Fsp3) is 0.474. The summed E-state index contributed by atoms with van der Waals surface area (Å²) >= 11 is 0. The normalized spacial score (nSPS) is 12.7. The smallest absolute Gasteiger partial charge is 0.128 e. The van der Waals surface area contributed by atoms with Crippen LogP contribution >= 0.6 is 0 Å². The minimum atomic E-state index is -0.229. The summed E-state index contributed by atoms with van der Waals surface area (Å²) in [5, 5.41) is 3.30. The van der Waals surface area contributed by atoms with E-state index in [0.717, 1.165) is 41.9 Å². The number of hydrogen-bond donors (Lipinski definition) is 1. The first-order valence-corrected chi connectivity index (χ1v) is 8.15. The number of nitrogens with zero attached hydrogens (tertiary/aromatic N) is 2. The van der Waals surface area contributed by atoms with Gasteiger partial charge in [0.25, 0.3) is 0 Å². The molecule has 0 heterocycles. The summed E-state index contributed by atoms with van der Waals surface area (Å²) in [5.41, 5.74) is 3.85. The lowest BCUT2D eigenvalue weighted by atomic mass is 10.0. The third-order valence-electron chi connectivity index (χ3n) is 3.50. The molecule has 0 saturated carbocycles. The van der Waals surface area contributed by atoms with Crippen LogP contribution in [-0.2, 0) is 0 Å². The molecule has 0 amide bonds. The molecule has 4 heteroatoms. The van der Waals surface area contributed by atoms with Gasteiger partial charge in [-0.1, -0.05) is 13.3 Å². The van der Waals surface area contributed by atoms with Gasteiger partial charge >= 0.3 is 0 Å². The van der Waals surface area contributed by atoms with E-state index in [1.165, 1.54) is 0 Å². The first-order valence-electron chi connectivity index (χ1n) is 8.15. The molecule has 1 rings (SSSR count). The van der Waals surface area contributed by atoms with Gasteiger partial charge in [-0.25, -0.2) is 4.39 Å². The van der Waals surface area contributed by atoms with Gasteiger partial charge in [0, 0.05) is 35.6 Å². The van der Waals surface area contributed by atoms with Crippen molar-refractivity contribution in [1.82, 2.24) is 0 Å². The van der Waals surface area contributed by atoms with Crippen molar-refractivity contribution in [2.45, 2.75) is 53.5 Å². The molecule has 0 bridgehead atoms. The molecule has 3 nitrogen and oxygen atoms in total. The molecule has 1 N–H and O–H groups in total. The molecule has 0 aliphatic carbocycles. The van der Waals surface area contributed by atoms with Gasteiger partial charge in [0.15, 0.2) is 0 Å². The molecule has 0 saturated heterocycles. The molecule has 0 atom stereocenters. The van der Waals surface area contributed by atoms with Gasteiger partial charge in [-0.05, 0) is 58.5 Å². The highest BCUT2D eigenvalue weighted by Gasteiger charge is 2.13. The lowest BCUT2D eigenvalue weighted by Crippen LogP contribution is -2.13. The molecule has 1 aromatic rings. The van der Waals surface area contributed by atoms with Crippen LogP contribution in [0.2, 0.25) is 0 Å². The maximum absolute atomic E-state index is 14.3. The SMILES string of the molecule is C=N/C=C(/C)C(=NCCCC)c1cc(F)c(C)c(NC(C)C)c1. The van der Waals surface area contributed by atoms with E-state index in [2.05, 4.69) is 28.9 Å². The quantitative estimate of drug-likeness (QED) is 0.522. The third kappa shape index (κ3) is 5.62. The first kappa shape index (κ1) is 19.1. The molecule has 126 valence electrons. The summed E-state index contributed by atoms with van der Waals surface area (Å²) in [4.78, 5) is 8.48. The number of hydrogen-bond acceptors (Lipinski definition) is 3. The molecule has 0 spiro atoms. The zero-order valence-electron chi connectivity index (χ0n) is 14.9. The van der Waals surface area contributed by atoms with Crippen LogP contribution in [0.15, 0.2) is 33.9 Å². The Balaban J connectivity index is 3.35. The summed E-state index contributed by atoms with van der Waals surface area (Å²) in [6.45, 7) is 14.1. The van der Waals surface area contributed by atoms with Crippen LogP contribution in [0.25, 0.3) is 0 Å². The highest BCUT2D eigenvalue weighted by molar-refractivity contribution is 6.12. The van der Waals surface area contributed by atoms with Crippen LogP contribution in [0.1, 0.15) is 51.7 Å². The Labute approximate surface area is 139 Å². The van der Waals surface area contributed by atoms with Crippen molar-refractivity contribution in [2.24, 2.45) is 9.98 Å². The second-order valence-corrected chi connectivity index (χ2v) is 6.01. The van der Waals surface area contributed by atoms with Crippen molar-refractivity contribution < 1.29 is 4.39 Å². The van der Waals surface area contributed by atoms with E-state index in [4.69, 9.17) is 0 Å². The zero-order chi connectivity index (χ0) is 17.4. The molecule has 23 heavy (non-hydrogen) atoms. The van der Waals surface area contributed by atoms with Gasteiger partial charge in [0.05, 0.1) is 5.71 Å². The highest BCUT2D eigenvalue weighted by atomic mass is 19.1. The summed E-state index contributed by atoms with van der Waals surface area (Å²) < 4.78 is 14.3. The number of anilines is 1. The van der Waals surface area contributed by atoms with Crippen molar-refractivity contribution in [3.05, 3.63) is 40.8 Å². The molecule has 0 fully saturated rings. The average Bonchev–Trinajstić information content (AvgIpc) is 2.48. The lowest BCUT2D eigenvalue weighted by molar-refractivity contribution is 0.618. The molecule has 0 unspecified atom stereocenters. The van der Waals surface area contributed by atoms with Crippen molar-refractivity contribution in [1.29, 1.82) is 0 Å². The summed E-state index contributed by atoms with van der Waals surface area (Å²) in [6.07, 6.45) is 3.74. The Morgan fingerprint density at radius 2 is 2.09 bits per heavy atom. The van der Waals surface area contributed by atoms with Crippen LogP contribution in [0.3, 0.4) is 0 Å². The molecule has 0 aromatic heterocycles. The van der Waals surface area contributed by atoms with Crippen LogP contribution in [0.5, 0.6) is 0 Å². The number of allylic oxidation sites excluding steroid dienone is 1. The topological polar surface area (TPSA) is 36.8 Å². The fourth-order valence-electron chi connectivity index (χ4n) is 2.27. The highest BCUT2D eigenvalue weighted by Crippen LogP contribution is 2.24. The summed E-state index contributed by atoms with van der Waals surface area (Å²) in [5.74, 6) is -0.229. The molecular weight excluding hydrogens is 289 g/mol. The number of aliphatic imine (C=N–C) groups is 2. The van der Waals surface area contributed by atoms with Crippen molar-refractivity contribution in [3.63, 3.8) is 0 Å². The number of benzene rings is 1. The fourth-order valence-corrected chi connectivity index (χ4v) is 2.27. The van der Waals surface area contributed by atoms with Crippen LogP contribution in [0, 0.1) is 12.7 Å². The molecule has 0 aliphatic heterocycles. The van der Waals surface area contributed by atoms with E-state index in [-0.39, 0.29) is 11.9 Å². The Morgan fingerprint density at radius 3 is 2.65 bits per heavy atom. The van der Waals surface area contributed by atoms with Gasteiger partial charge in [-0.15, -0.1) is 0 Å². The van der Waals surface area contributed by atoms with E-state index in [1.54, 1.807) is 19.2 Å². The Morgan fingerprint density at radius 1 is 1.39 bits per heavy atom. The van der Waals surface area contributed by atoms with Crippen LogP contribution < -0.4 is 5.32 Å². The van der Waals surface area contributed by atoms with Gasteiger partial charge in [-0.2, -0.15) is 0 Å². The van der Waals surface area contributed by atoms with Gasteiger partial charge in [-0.3, -0.25) is 9.98 Å². The maximum Gasteiger partial charge on any atom is 0.128 e. The number of halogens is 1. The van der Waals surface area contributed by atoms with Crippen molar-refractivity contribution in [2.75, 3.05) is 11.9 Å². The Bertz CT molecular complexity index is 601. The minimum Gasteiger partial charge on any atom is -0.383 e. The van der Waals surface area contributed by atoms with Crippen molar-refractivity contribution in [3.8, 4) is 0 Å². The average molecular weight is 317 g/mol. The van der Waals surface area contributed by atoms with Gasteiger partial charge in [0.2, 0.25) is 0 Å². The number of rotatable bonds is 8. The summed E-state index contributed by atoms with van der Waals surface area (Å²) in [6, 6.07) is 3.74. The molecule has 0 radical (unpaired) electrons. The zero-order valence-corrected chi connectivity index (χ0v) is 14.9. The van der Waals surface area contributed by atoms with Gasteiger partial charge in [0.1, 0.15) is 5.82 Å². The van der Waals surface area contributed by atoms with E-state index >= 15 is 0 Å². The molecule has 0 aliphatic rings. The Kier molecular flexibility index (Phi) is 7.66. The lowest BCUT2D eigenvalue weighted by Gasteiger charge is -2.16. The van der Waals surface area contributed by atoms with E-state index < -0.39 is 0 Å². The third-order valence-corrected chi connectivity index (χ3v) is 3.50. The first-order chi connectivity index (χ1) is 10.9. The largest absolute Gasteiger partial charge is 0.383 e. The van der Waals surface area contributed by atoms with E-state index in [0.29, 0.717) is 5.56 Å². The van der Waals surface area contributed by atoms with Gasteiger partial charge < -0.3 is 5.32 Å². The second-order valence-electron chi connectivity index (χ2n) is 6.01. The van der Waals surface area contributed by atoms with E-state index in [1.807, 2.05) is 26.8 Å². The standard InChI is InChI=1S/C19H28FN3/c1-7-8-9-22-19(14(4)12-21-6)16-10-17(20)15(5)18(11-16)23-13(2)3/h10-13,23H,6-9H2,1-5H3/b14-12-,22-19?. The Hall–Kier alpha value is -1.97. The summed E-state index contributed by atoms with van der Waals surface area (Å²) in [7, 11) is 0. The molecular formula is C19H28FN3. The van der Waals surface area contributed by atoms with E-state index in [9.17, 15) is 4.39 Å². The second kappa shape index (κ2) is 9.23. The minimum absolute atomic E-state index is 0.229. The van der Waals surface area contributed by atoms with Crippen LogP contribution in [0.4, 0.5) is 10.1 Å².